The lowest BCUT2D eigenvalue weighted by molar-refractivity contribution is -0.139. The second-order valence-corrected chi connectivity index (χ2v) is 7.74. The summed E-state index contributed by atoms with van der Waals surface area (Å²) in [5, 5.41) is 4.78. The molecule has 29 heavy (non-hydrogen) atoms. The molecule has 0 spiro atoms. The Hall–Kier alpha value is -3.26. The van der Waals surface area contributed by atoms with E-state index in [2.05, 4.69) is 10.3 Å². The molecule has 4 rings (SSSR count). The lowest BCUT2D eigenvalue weighted by atomic mass is 10.2. The summed E-state index contributed by atoms with van der Waals surface area (Å²) in [6, 6.07) is 10.9. The summed E-state index contributed by atoms with van der Waals surface area (Å²) in [6.07, 6.45) is 0.671. The standard InChI is InChI=1S/C21H19N3O4S/c1-13-16(23-21(28-13)17-3-2-10-29-17)11-18(25)22-15-6-4-14(5-7-15)12-24-19(26)8-9-20(24)27/h2-7,10H,8-9,11-12H2,1H3,(H,22,25). The summed E-state index contributed by atoms with van der Waals surface area (Å²) in [6.45, 7) is 2.05. The number of hydrogen-bond acceptors (Lipinski definition) is 6. The first kappa shape index (κ1) is 19.1. The van der Waals surface area contributed by atoms with Crippen molar-refractivity contribution in [2.75, 3.05) is 5.32 Å². The van der Waals surface area contributed by atoms with Crippen molar-refractivity contribution >= 4 is 34.7 Å². The molecule has 2 aromatic heterocycles. The molecule has 1 fully saturated rings. The van der Waals surface area contributed by atoms with Crippen LogP contribution in [-0.2, 0) is 27.3 Å². The minimum atomic E-state index is -0.197. The van der Waals surface area contributed by atoms with Crippen molar-refractivity contribution in [1.29, 1.82) is 0 Å². The Kier molecular flexibility index (Phi) is 5.26. The van der Waals surface area contributed by atoms with Gasteiger partial charge in [0.1, 0.15) is 5.76 Å². The normalized spacial score (nSPS) is 13.9. The monoisotopic (exact) mass is 409 g/mol. The molecule has 3 aromatic rings. The predicted molar refractivity (Wildman–Crippen MR) is 108 cm³/mol. The van der Waals surface area contributed by atoms with Gasteiger partial charge < -0.3 is 9.73 Å². The maximum absolute atomic E-state index is 12.4. The first-order chi connectivity index (χ1) is 14.0. The summed E-state index contributed by atoms with van der Waals surface area (Å²) in [7, 11) is 0. The van der Waals surface area contributed by atoms with Crippen molar-refractivity contribution < 1.29 is 18.8 Å². The molecule has 3 heterocycles. The van der Waals surface area contributed by atoms with Gasteiger partial charge in [-0.2, -0.15) is 0 Å². The lowest BCUT2D eigenvalue weighted by Gasteiger charge is -2.14. The third-order valence-corrected chi connectivity index (χ3v) is 5.54. The number of oxazole rings is 1. The third-order valence-electron chi connectivity index (χ3n) is 4.69. The fourth-order valence-corrected chi connectivity index (χ4v) is 3.78. The highest BCUT2D eigenvalue weighted by Gasteiger charge is 2.28. The number of nitrogens with one attached hydrogen (secondary N) is 1. The molecule has 1 N–H and O–H groups in total. The smallest absolute Gasteiger partial charge is 0.236 e. The van der Waals surface area contributed by atoms with Gasteiger partial charge in [-0.1, -0.05) is 18.2 Å². The number of benzene rings is 1. The fourth-order valence-electron chi connectivity index (χ4n) is 3.13. The van der Waals surface area contributed by atoms with Gasteiger partial charge in [0.15, 0.2) is 0 Å². The van der Waals surface area contributed by atoms with E-state index in [1.807, 2.05) is 17.5 Å². The number of anilines is 1. The van der Waals surface area contributed by atoms with Crippen LogP contribution >= 0.6 is 11.3 Å². The summed E-state index contributed by atoms with van der Waals surface area (Å²) in [5.41, 5.74) is 2.07. The van der Waals surface area contributed by atoms with Crippen LogP contribution < -0.4 is 5.32 Å². The van der Waals surface area contributed by atoms with E-state index in [1.165, 1.54) is 16.2 Å². The van der Waals surface area contributed by atoms with Crippen LogP contribution in [0, 0.1) is 6.92 Å². The Morgan fingerprint density at radius 2 is 1.90 bits per heavy atom. The third kappa shape index (κ3) is 4.27. The minimum Gasteiger partial charge on any atom is -0.440 e. The van der Waals surface area contributed by atoms with Gasteiger partial charge >= 0.3 is 0 Å². The Morgan fingerprint density at radius 1 is 1.17 bits per heavy atom. The molecular formula is C21H19N3O4S. The number of rotatable bonds is 6. The number of carbonyl (C=O) groups excluding carboxylic acids is 3. The molecule has 1 saturated heterocycles. The Labute approximate surface area is 171 Å². The Balaban J connectivity index is 1.36. The van der Waals surface area contributed by atoms with E-state index in [0.717, 1.165) is 10.4 Å². The highest BCUT2D eigenvalue weighted by Crippen LogP contribution is 2.26. The van der Waals surface area contributed by atoms with Crippen LogP contribution in [0.4, 0.5) is 5.69 Å². The zero-order chi connectivity index (χ0) is 20.4. The fraction of sp³-hybridized carbons (Fsp3) is 0.238. The van der Waals surface area contributed by atoms with E-state index < -0.39 is 0 Å². The number of carbonyl (C=O) groups is 3. The number of aryl methyl sites for hydroxylation is 1. The van der Waals surface area contributed by atoms with Gasteiger partial charge in [0.2, 0.25) is 23.6 Å². The lowest BCUT2D eigenvalue weighted by Crippen LogP contribution is -2.28. The van der Waals surface area contributed by atoms with Gasteiger partial charge in [0.25, 0.3) is 0 Å². The molecule has 0 aliphatic carbocycles. The topological polar surface area (TPSA) is 92.5 Å². The molecule has 1 aliphatic heterocycles. The zero-order valence-electron chi connectivity index (χ0n) is 15.8. The van der Waals surface area contributed by atoms with E-state index in [9.17, 15) is 14.4 Å². The van der Waals surface area contributed by atoms with E-state index in [4.69, 9.17) is 4.42 Å². The average Bonchev–Trinajstić information content (AvgIpc) is 3.42. The van der Waals surface area contributed by atoms with Gasteiger partial charge in [-0.15, -0.1) is 11.3 Å². The molecule has 148 valence electrons. The summed E-state index contributed by atoms with van der Waals surface area (Å²) in [4.78, 5) is 42.4. The molecule has 0 saturated carbocycles. The molecule has 0 bridgehead atoms. The minimum absolute atomic E-state index is 0.110. The molecule has 0 radical (unpaired) electrons. The molecule has 1 aliphatic rings. The number of hydrogen-bond donors (Lipinski definition) is 1. The first-order valence-electron chi connectivity index (χ1n) is 9.22. The summed E-state index contributed by atoms with van der Waals surface area (Å²) < 4.78 is 5.67. The number of likely N-dealkylation sites (tertiary alicyclic amines) is 1. The van der Waals surface area contributed by atoms with Crippen LogP contribution in [0.15, 0.2) is 46.2 Å². The van der Waals surface area contributed by atoms with E-state index in [1.54, 1.807) is 31.2 Å². The van der Waals surface area contributed by atoms with Gasteiger partial charge in [0.05, 0.1) is 23.5 Å². The van der Waals surface area contributed by atoms with Gasteiger partial charge in [-0.3, -0.25) is 19.3 Å². The summed E-state index contributed by atoms with van der Waals surface area (Å²) >= 11 is 1.53. The average molecular weight is 409 g/mol. The summed E-state index contributed by atoms with van der Waals surface area (Å²) in [5.74, 6) is 0.667. The second kappa shape index (κ2) is 8.00. The maximum Gasteiger partial charge on any atom is 0.236 e. The van der Waals surface area contributed by atoms with Crippen molar-refractivity contribution in [1.82, 2.24) is 9.88 Å². The van der Waals surface area contributed by atoms with E-state index in [-0.39, 0.29) is 43.5 Å². The van der Waals surface area contributed by atoms with Gasteiger partial charge in [0, 0.05) is 18.5 Å². The predicted octanol–water partition coefficient (Wildman–Crippen LogP) is 3.54. The second-order valence-electron chi connectivity index (χ2n) is 6.79. The zero-order valence-corrected chi connectivity index (χ0v) is 16.6. The molecule has 0 atom stereocenters. The van der Waals surface area contributed by atoms with E-state index in [0.29, 0.717) is 23.0 Å². The van der Waals surface area contributed by atoms with E-state index >= 15 is 0 Å². The Bertz CT molecular complexity index is 1040. The number of amides is 3. The highest BCUT2D eigenvalue weighted by atomic mass is 32.1. The van der Waals surface area contributed by atoms with Gasteiger partial charge in [-0.25, -0.2) is 4.98 Å². The number of aromatic nitrogens is 1. The van der Waals surface area contributed by atoms with Crippen molar-refractivity contribution in [2.45, 2.75) is 32.7 Å². The number of nitrogens with zero attached hydrogens (tertiary/aromatic N) is 2. The number of thiophene rings is 1. The Morgan fingerprint density at radius 3 is 2.55 bits per heavy atom. The van der Waals surface area contributed by atoms with Crippen LogP contribution in [0.5, 0.6) is 0 Å². The highest BCUT2D eigenvalue weighted by molar-refractivity contribution is 7.13. The molecule has 3 amide bonds. The quantitative estimate of drug-likeness (QED) is 0.629. The first-order valence-corrected chi connectivity index (χ1v) is 10.1. The molecule has 7 nitrogen and oxygen atoms in total. The van der Waals surface area contributed by atoms with Crippen LogP contribution in [0.3, 0.4) is 0 Å². The van der Waals surface area contributed by atoms with Crippen LogP contribution in [0.1, 0.15) is 29.9 Å². The maximum atomic E-state index is 12.4. The largest absolute Gasteiger partial charge is 0.440 e. The van der Waals surface area contributed by atoms with Gasteiger partial charge in [-0.05, 0) is 36.1 Å². The van der Waals surface area contributed by atoms with Crippen LogP contribution in [-0.4, -0.2) is 27.6 Å². The molecule has 8 heteroatoms. The van der Waals surface area contributed by atoms with Crippen LogP contribution in [0.25, 0.3) is 10.8 Å². The number of imide groups is 1. The van der Waals surface area contributed by atoms with Crippen molar-refractivity contribution in [3.8, 4) is 10.8 Å². The molecule has 0 unspecified atom stereocenters. The van der Waals surface area contributed by atoms with Crippen molar-refractivity contribution in [3.05, 3.63) is 58.8 Å². The molecular weight excluding hydrogens is 390 g/mol. The van der Waals surface area contributed by atoms with Crippen molar-refractivity contribution in [2.24, 2.45) is 0 Å². The molecule has 1 aromatic carbocycles. The van der Waals surface area contributed by atoms with Crippen molar-refractivity contribution in [3.63, 3.8) is 0 Å². The SMILES string of the molecule is Cc1oc(-c2cccs2)nc1CC(=O)Nc1ccc(CN2C(=O)CCC2=O)cc1. The van der Waals surface area contributed by atoms with Crippen LogP contribution in [0.2, 0.25) is 0 Å².